The summed E-state index contributed by atoms with van der Waals surface area (Å²) in [5.74, 6) is 0.619. The van der Waals surface area contributed by atoms with Crippen LogP contribution in [0.1, 0.15) is 18.4 Å². The third kappa shape index (κ3) is 4.84. The molecular weight excluding hydrogens is 271 g/mol. The van der Waals surface area contributed by atoms with Gasteiger partial charge in [0.25, 0.3) is 0 Å². The second kappa shape index (κ2) is 7.62. The third-order valence-corrected chi connectivity index (χ3v) is 3.25. The summed E-state index contributed by atoms with van der Waals surface area (Å²) in [6.07, 6.45) is 1.72. The van der Waals surface area contributed by atoms with E-state index in [0.717, 1.165) is 25.1 Å². The molecule has 100 valence electrons. The number of carbonyl (C=O) groups is 1. The molecule has 1 aromatic carbocycles. The van der Waals surface area contributed by atoms with Gasteiger partial charge in [0.2, 0.25) is 5.91 Å². The van der Waals surface area contributed by atoms with Gasteiger partial charge in [0.05, 0.1) is 0 Å². The molecule has 1 aromatic rings. The molecule has 0 aromatic heterocycles. The number of amides is 1. The fraction of sp³-hybridized carbons (Fsp3) is 0.462. The lowest BCUT2D eigenvalue weighted by molar-refractivity contribution is -0.122. The quantitative estimate of drug-likeness (QED) is 0.893. The van der Waals surface area contributed by atoms with Gasteiger partial charge in [-0.25, -0.2) is 0 Å². The fourth-order valence-electron chi connectivity index (χ4n) is 2.07. The Hall–Kier alpha value is -0.770. The molecule has 0 aliphatic carbocycles. The molecule has 1 atom stereocenters. The standard InChI is InChI=1S/C13H17ClN2O.ClH/c14-12-3-1-2-10(6-12)9-16-13(17)7-11-4-5-15-8-11;/h1-3,6,11,15H,4-5,7-9H2,(H,16,17);1H. The van der Waals surface area contributed by atoms with Gasteiger partial charge in [-0.15, -0.1) is 12.4 Å². The highest BCUT2D eigenvalue weighted by Gasteiger charge is 2.17. The summed E-state index contributed by atoms with van der Waals surface area (Å²) in [7, 11) is 0. The lowest BCUT2D eigenvalue weighted by Gasteiger charge is -2.09. The predicted molar refractivity (Wildman–Crippen MR) is 76.1 cm³/mol. The Bertz CT molecular complexity index is 392. The highest BCUT2D eigenvalue weighted by atomic mass is 35.5. The summed E-state index contributed by atoms with van der Waals surface area (Å²) >= 11 is 5.88. The molecule has 1 aliphatic heterocycles. The van der Waals surface area contributed by atoms with Crippen LogP contribution in [0.15, 0.2) is 24.3 Å². The molecule has 0 spiro atoms. The van der Waals surface area contributed by atoms with Gasteiger partial charge in [0.1, 0.15) is 0 Å². The van der Waals surface area contributed by atoms with Gasteiger partial charge in [-0.05, 0) is 43.1 Å². The van der Waals surface area contributed by atoms with E-state index in [1.54, 1.807) is 0 Å². The SMILES string of the molecule is Cl.O=C(CC1CCNC1)NCc1cccc(Cl)c1. The second-order valence-corrected chi connectivity index (χ2v) is 4.91. The topological polar surface area (TPSA) is 41.1 Å². The van der Waals surface area contributed by atoms with Crippen LogP contribution in [0.5, 0.6) is 0 Å². The molecule has 3 nitrogen and oxygen atoms in total. The average Bonchev–Trinajstić information content (AvgIpc) is 2.79. The first-order valence-electron chi connectivity index (χ1n) is 5.96. The Labute approximate surface area is 119 Å². The van der Waals surface area contributed by atoms with Crippen LogP contribution in [0.25, 0.3) is 0 Å². The van der Waals surface area contributed by atoms with E-state index in [9.17, 15) is 4.79 Å². The molecule has 0 bridgehead atoms. The lowest BCUT2D eigenvalue weighted by atomic mass is 10.0. The van der Waals surface area contributed by atoms with Crippen molar-refractivity contribution in [2.45, 2.75) is 19.4 Å². The summed E-state index contributed by atoms with van der Waals surface area (Å²) in [5, 5.41) is 6.89. The zero-order valence-corrected chi connectivity index (χ0v) is 11.7. The smallest absolute Gasteiger partial charge is 0.220 e. The van der Waals surface area contributed by atoms with Crippen LogP contribution in [0.2, 0.25) is 5.02 Å². The first kappa shape index (κ1) is 15.3. The largest absolute Gasteiger partial charge is 0.352 e. The minimum absolute atomic E-state index is 0. The van der Waals surface area contributed by atoms with E-state index in [-0.39, 0.29) is 18.3 Å². The average molecular weight is 289 g/mol. The highest BCUT2D eigenvalue weighted by molar-refractivity contribution is 6.30. The minimum Gasteiger partial charge on any atom is -0.352 e. The van der Waals surface area contributed by atoms with Crippen molar-refractivity contribution in [2.24, 2.45) is 5.92 Å². The molecule has 1 unspecified atom stereocenters. The van der Waals surface area contributed by atoms with E-state index in [1.165, 1.54) is 0 Å². The first-order valence-corrected chi connectivity index (χ1v) is 6.33. The summed E-state index contributed by atoms with van der Waals surface area (Å²) < 4.78 is 0. The van der Waals surface area contributed by atoms with Crippen LogP contribution in [-0.2, 0) is 11.3 Å². The van der Waals surface area contributed by atoms with E-state index in [2.05, 4.69) is 10.6 Å². The summed E-state index contributed by atoms with van der Waals surface area (Å²) in [5.41, 5.74) is 1.04. The molecule has 1 heterocycles. The Balaban J connectivity index is 0.00000162. The molecule has 1 saturated heterocycles. The minimum atomic E-state index is 0. The number of benzene rings is 1. The van der Waals surface area contributed by atoms with Crippen LogP contribution in [0, 0.1) is 5.92 Å². The summed E-state index contributed by atoms with van der Waals surface area (Å²) in [6.45, 7) is 2.55. The Morgan fingerprint density at radius 1 is 1.50 bits per heavy atom. The maximum atomic E-state index is 11.7. The Morgan fingerprint density at radius 3 is 3.00 bits per heavy atom. The van der Waals surface area contributed by atoms with Crippen molar-refractivity contribution in [3.63, 3.8) is 0 Å². The molecule has 1 amide bonds. The van der Waals surface area contributed by atoms with Crippen LogP contribution in [0.3, 0.4) is 0 Å². The maximum Gasteiger partial charge on any atom is 0.220 e. The van der Waals surface area contributed by atoms with Gasteiger partial charge in [0.15, 0.2) is 0 Å². The van der Waals surface area contributed by atoms with Crippen molar-refractivity contribution in [3.05, 3.63) is 34.9 Å². The molecule has 0 saturated carbocycles. The summed E-state index contributed by atoms with van der Waals surface area (Å²) in [6, 6.07) is 7.56. The molecule has 1 aliphatic rings. The molecular formula is C13H18Cl2N2O. The zero-order chi connectivity index (χ0) is 12.1. The van der Waals surface area contributed by atoms with E-state index >= 15 is 0 Å². The van der Waals surface area contributed by atoms with Gasteiger partial charge in [-0.3, -0.25) is 4.79 Å². The van der Waals surface area contributed by atoms with Crippen molar-refractivity contribution in [3.8, 4) is 0 Å². The molecule has 5 heteroatoms. The normalized spacial score (nSPS) is 18.2. The van der Waals surface area contributed by atoms with Crippen molar-refractivity contribution < 1.29 is 4.79 Å². The number of hydrogen-bond donors (Lipinski definition) is 2. The van der Waals surface area contributed by atoms with Crippen molar-refractivity contribution in [1.29, 1.82) is 0 Å². The van der Waals surface area contributed by atoms with Gasteiger partial charge in [-0.2, -0.15) is 0 Å². The Kier molecular flexibility index (Phi) is 6.47. The van der Waals surface area contributed by atoms with Crippen molar-refractivity contribution in [1.82, 2.24) is 10.6 Å². The third-order valence-electron chi connectivity index (χ3n) is 3.02. The Morgan fingerprint density at radius 2 is 2.33 bits per heavy atom. The van der Waals surface area contributed by atoms with Crippen LogP contribution < -0.4 is 10.6 Å². The molecule has 2 rings (SSSR count). The van der Waals surface area contributed by atoms with Crippen molar-refractivity contribution in [2.75, 3.05) is 13.1 Å². The maximum absolute atomic E-state index is 11.7. The van der Waals surface area contributed by atoms with Crippen molar-refractivity contribution >= 4 is 29.9 Å². The second-order valence-electron chi connectivity index (χ2n) is 4.47. The molecule has 0 radical (unpaired) electrons. The molecule has 2 N–H and O–H groups in total. The number of rotatable bonds is 4. The first-order chi connectivity index (χ1) is 8.24. The number of nitrogens with one attached hydrogen (secondary N) is 2. The van der Waals surface area contributed by atoms with Gasteiger partial charge >= 0.3 is 0 Å². The van der Waals surface area contributed by atoms with Gasteiger partial charge in [0, 0.05) is 18.0 Å². The zero-order valence-electron chi connectivity index (χ0n) is 10.1. The highest BCUT2D eigenvalue weighted by Crippen LogP contribution is 2.13. The molecule has 1 fully saturated rings. The van der Waals surface area contributed by atoms with Gasteiger partial charge < -0.3 is 10.6 Å². The van der Waals surface area contributed by atoms with E-state index in [4.69, 9.17) is 11.6 Å². The van der Waals surface area contributed by atoms with Crippen LogP contribution in [-0.4, -0.2) is 19.0 Å². The van der Waals surface area contributed by atoms with Gasteiger partial charge in [-0.1, -0.05) is 23.7 Å². The summed E-state index contributed by atoms with van der Waals surface area (Å²) in [4.78, 5) is 11.7. The van der Waals surface area contributed by atoms with E-state index in [1.807, 2.05) is 24.3 Å². The molecule has 18 heavy (non-hydrogen) atoms. The van der Waals surface area contributed by atoms with Crippen LogP contribution >= 0.6 is 24.0 Å². The number of carbonyl (C=O) groups excluding carboxylic acids is 1. The van der Waals surface area contributed by atoms with E-state index in [0.29, 0.717) is 23.9 Å². The monoisotopic (exact) mass is 288 g/mol. The van der Waals surface area contributed by atoms with E-state index < -0.39 is 0 Å². The fourth-order valence-corrected chi connectivity index (χ4v) is 2.28. The number of halogens is 2. The lowest BCUT2D eigenvalue weighted by Crippen LogP contribution is -2.25. The van der Waals surface area contributed by atoms with Crippen LogP contribution in [0.4, 0.5) is 0 Å². The number of hydrogen-bond acceptors (Lipinski definition) is 2. The predicted octanol–water partition coefficient (Wildman–Crippen LogP) is 2.38.